The maximum absolute atomic E-state index is 12.0. The molecule has 2 aromatic rings. The number of carbonyl (C=O) groups is 2. The zero-order valence-electron chi connectivity index (χ0n) is 16.8. The minimum Gasteiger partial charge on any atom is -0.506 e. The highest BCUT2D eigenvalue weighted by atomic mass is 32.2. The van der Waals surface area contributed by atoms with Gasteiger partial charge in [0.05, 0.1) is 5.69 Å². The van der Waals surface area contributed by atoms with E-state index in [1.165, 1.54) is 36.4 Å². The summed E-state index contributed by atoms with van der Waals surface area (Å²) in [5.74, 6) is -1.90. The molecule has 3 rings (SSSR count). The Hall–Kier alpha value is -3.16. The molecule has 1 heterocycles. The van der Waals surface area contributed by atoms with Crippen molar-refractivity contribution in [2.24, 2.45) is 5.73 Å². The zero-order valence-corrected chi connectivity index (χ0v) is 18.5. The molecule has 2 aromatic carbocycles. The predicted molar refractivity (Wildman–Crippen MR) is 115 cm³/mol. The van der Waals surface area contributed by atoms with Crippen LogP contribution in [0.25, 0.3) is 0 Å². The maximum atomic E-state index is 12.0. The van der Waals surface area contributed by atoms with Gasteiger partial charge in [-0.25, -0.2) is 9.03 Å². The number of aromatic hydroxyl groups is 1. The Morgan fingerprint density at radius 1 is 1.25 bits per heavy atom. The number of benzene rings is 2. The molecule has 1 fully saturated rings. The fourth-order valence-electron chi connectivity index (χ4n) is 3.59. The molecule has 0 bridgehead atoms. The molecule has 0 saturated carbocycles. The van der Waals surface area contributed by atoms with Crippen LogP contribution < -0.4 is 14.8 Å². The molecule has 0 spiro atoms. The number of nitrogens with one attached hydrogen (secondary N) is 1. The number of hydrogen-bond acceptors (Lipinski definition) is 7. The first kappa shape index (κ1) is 23.5. The minimum atomic E-state index is -4.38. The van der Waals surface area contributed by atoms with Gasteiger partial charge in [-0.3, -0.25) is 14.1 Å². The lowest BCUT2D eigenvalue weighted by atomic mass is 9.95. The fourth-order valence-corrected chi connectivity index (χ4v) is 5.66. The van der Waals surface area contributed by atoms with Gasteiger partial charge in [-0.1, -0.05) is 25.1 Å². The molecular weight excluding hydrogens is 462 g/mol. The molecule has 172 valence electrons. The van der Waals surface area contributed by atoms with Crippen LogP contribution in [0.5, 0.6) is 5.75 Å². The molecular formula is C19H21N3O8S2. The Morgan fingerprint density at radius 3 is 2.44 bits per heavy atom. The third kappa shape index (κ3) is 4.69. The zero-order chi connectivity index (χ0) is 23.8. The number of nitrogens with zero attached hydrogens (tertiary/aromatic N) is 1. The van der Waals surface area contributed by atoms with Crippen molar-refractivity contribution in [1.29, 1.82) is 0 Å². The molecule has 5 N–H and O–H groups in total. The van der Waals surface area contributed by atoms with E-state index >= 15 is 0 Å². The van der Waals surface area contributed by atoms with Crippen LogP contribution in [0.2, 0.25) is 0 Å². The lowest BCUT2D eigenvalue weighted by molar-refractivity contribution is -0.117. The molecule has 1 aliphatic heterocycles. The number of carbonyl (C=O) groups excluding carboxylic acids is 2. The van der Waals surface area contributed by atoms with Gasteiger partial charge in [-0.15, -0.1) is 0 Å². The van der Waals surface area contributed by atoms with Crippen molar-refractivity contribution in [3.05, 3.63) is 58.7 Å². The number of phenols is 1. The van der Waals surface area contributed by atoms with Crippen LogP contribution in [-0.2, 0) is 31.5 Å². The number of primary amides is 1. The molecule has 1 atom stereocenters. The summed E-state index contributed by atoms with van der Waals surface area (Å²) >= 11 is 0. The Bertz CT molecular complexity index is 1310. The van der Waals surface area contributed by atoms with Crippen molar-refractivity contribution in [2.45, 2.75) is 25.0 Å². The number of amides is 2. The van der Waals surface area contributed by atoms with Crippen LogP contribution in [0.3, 0.4) is 0 Å². The van der Waals surface area contributed by atoms with Gasteiger partial charge < -0.3 is 10.8 Å². The number of anilines is 1. The summed E-state index contributed by atoms with van der Waals surface area (Å²) in [6, 6.07) is 8.28. The van der Waals surface area contributed by atoms with Crippen molar-refractivity contribution < 1.29 is 36.1 Å². The van der Waals surface area contributed by atoms with Crippen molar-refractivity contribution in [1.82, 2.24) is 4.72 Å². The van der Waals surface area contributed by atoms with Gasteiger partial charge in [0.2, 0.25) is 5.91 Å². The van der Waals surface area contributed by atoms with Gasteiger partial charge in [0.25, 0.3) is 16.0 Å². The second-order valence-corrected chi connectivity index (χ2v) is 10.4. The summed E-state index contributed by atoms with van der Waals surface area (Å²) in [6.45, 7) is 1.11. The van der Waals surface area contributed by atoms with E-state index in [0.29, 0.717) is 11.1 Å². The molecule has 32 heavy (non-hydrogen) atoms. The topological polar surface area (TPSA) is 184 Å². The van der Waals surface area contributed by atoms with Crippen LogP contribution in [0.4, 0.5) is 5.69 Å². The fraction of sp³-hybridized carbons (Fsp3) is 0.263. The van der Waals surface area contributed by atoms with E-state index < -0.39 is 49.7 Å². The van der Waals surface area contributed by atoms with E-state index in [0.717, 1.165) is 4.31 Å². The predicted octanol–water partition coefficient (Wildman–Crippen LogP) is 0.602. The van der Waals surface area contributed by atoms with Crippen LogP contribution in [0, 0.1) is 0 Å². The first-order chi connectivity index (χ1) is 14.8. The summed E-state index contributed by atoms with van der Waals surface area (Å²) in [5.41, 5.74) is 6.53. The van der Waals surface area contributed by atoms with E-state index in [4.69, 9.17) is 5.73 Å². The van der Waals surface area contributed by atoms with Crippen LogP contribution >= 0.6 is 0 Å². The normalized spacial score (nSPS) is 16.6. The first-order valence-electron chi connectivity index (χ1n) is 9.37. The lowest BCUT2D eigenvalue weighted by Crippen LogP contribution is -2.29. The summed E-state index contributed by atoms with van der Waals surface area (Å²) in [4.78, 5) is 23.3. The Balaban J connectivity index is 1.99. The highest BCUT2D eigenvalue weighted by Crippen LogP contribution is 2.33. The minimum absolute atomic E-state index is 0.0474. The molecule has 2 amide bonds. The Kier molecular flexibility index (Phi) is 6.18. The van der Waals surface area contributed by atoms with Gasteiger partial charge in [0.15, 0.2) is 0 Å². The van der Waals surface area contributed by atoms with Crippen LogP contribution in [-0.4, -0.2) is 44.9 Å². The lowest BCUT2D eigenvalue weighted by Gasteiger charge is -2.18. The summed E-state index contributed by atoms with van der Waals surface area (Å²) in [7, 11) is -8.48. The monoisotopic (exact) mass is 483 g/mol. The van der Waals surface area contributed by atoms with E-state index in [-0.39, 0.29) is 29.7 Å². The quantitative estimate of drug-likeness (QED) is 0.412. The third-order valence-corrected chi connectivity index (χ3v) is 7.74. The van der Waals surface area contributed by atoms with Gasteiger partial charge in [0, 0.05) is 5.56 Å². The van der Waals surface area contributed by atoms with Gasteiger partial charge >= 0.3 is 10.2 Å². The summed E-state index contributed by atoms with van der Waals surface area (Å²) in [6.07, 6.45) is 0.145. The van der Waals surface area contributed by atoms with Gasteiger partial charge in [-0.05, 0) is 47.7 Å². The average molecular weight is 484 g/mol. The van der Waals surface area contributed by atoms with Crippen molar-refractivity contribution in [3.63, 3.8) is 0 Å². The molecule has 13 heteroatoms. The molecule has 1 aliphatic rings. The summed E-state index contributed by atoms with van der Waals surface area (Å²) < 4.78 is 59.4. The third-order valence-electron chi connectivity index (χ3n) is 5.02. The molecule has 1 saturated heterocycles. The van der Waals surface area contributed by atoms with Crippen LogP contribution in [0.15, 0.2) is 36.4 Å². The molecule has 0 aromatic heterocycles. The second kappa shape index (κ2) is 8.41. The number of hydrogen-bond donors (Lipinski definition) is 4. The Labute approximate surface area is 184 Å². The molecule has 0 radical (unpaired) electrons. The van der Waals surface area contributed by atoms with Crippen molar-refractivity contribution in [2.75, 3.05) is 10.8 Å². The number of nitrogens with two attached hydrogens (primary N) is 1. The second-order valence-electron chi connectivity index (χ2n) is 7.23. The molecule has 1 unspecified atom stereocenters. The largest absolute Gasteiger partial charge is 0.506 e. The van der Waals surface area contributed by atoms with E-state index in [1.54, 1.807) is 11.6 Å². The van der Waals surface area contributed by atoms with Crippen LogP contribution in [0.1, 0.15) is 45.6 Å². The van der Waals surface area contributed by atoms with Crippen molar-refractivity contribution >= 4 is 37.8 Å². The van der Waals surface area contributed by atoms with Gasteiger partial charge in [-0.2, -0.15) is 16.8 Å². The SMILES string of the molecule is CCC(c1ccc(C(N)=O)c(Cc2ccc(N3CC(=O)NS3(=O)=O)c(O)c2)c1)S(=O)(=O)O. The smallest absolute Gasteiger partial charge is 0.326 e. The summed E-state index contributed by atoms with van der Waals surface area (Å²) in [5, 5.41) is 9.17. The van der Waals surface area contributed by atoms with E-state index in [2.05, 4.69) is 0 Å². The maximum Gasteiger partial charge on any atom is 0.326 e. The first-order valence-corrected chi connectivity index (χ1v) is 12.3. The number of rotatable bonds is 7. The van der Waals surface area contributed by atoms with Gasteiger partial charge in [0.1, 0.15) is 17.5 Å². The standard InChI is InChI=1S/C19H21N3O8S2/c1-2-17(31(26,27)28)12-4-5-14(19(20)25)13(9-12)7-11-3-6-15(16(23)8-11)22-10-18(24)21-32(22,29)30/h3-6,8-9,17,23H,2,7,10H2,1H3,(H2,20,25)(H,21,24)(H,26,27,28). The molecule has 0 aliphatic carbocycles. The van der Waals surface area contributed by atoms with E-state index in [9.17, 15) is 36.1 Å². The number of phenolic OH excluding ortho intramolecular Hbond substituents is 1. The highest BCUT2D eigenvalue weighted by Gasteiger charge is 2.35. The van der Waals surface area contributed by atoms with Crippen molar-refractivity contribution in [3.8, 4) is 5.75 Å². The highest BCUT2D eigenvalue weighted by molar-refractivity contribution is 7.92. The molecule has 11 nitrogen and oxygen atoms in total. The average Bonchev–Trinajstić information content (AvgIpc) is 2.93. The Morgan fingerprint density at radius 2 is 1.94 bits per heavy atom. The van der Waals surface area contributed by atoms with E-state index in [1.807, 2.05) is 0 Å².